The number of nitrogens with one attached hydrogen (secondary N) is 1. The van der Waals surface area contributed by atoms with Crippen molar-refractivity contribution in [1.82, 2.24) is 9.62 Å². The third kappa shape index (κ3) is 4.25. The molecule has 1 saturated heterocycles. The molecule has 3 N–H and O–H groups in total. The van der Waals surface area contributed by atoms with Crippen LogP contribution in [-0.2, 0) is 14.8 Å². The van der Waals surface area contributed by atoms with Crippen molar-refractivity contribution in [2.75, 3.05) is 32.8 Å². The van der Waals surface area contributed by atoms with E-state index in [0.717, 1.165) is 25.7 Å². The van der Waals surface area contributed by atoms with E-state index < -0.39 is 10.0 Å². The number of hydrogen-bond acceptors (Lipinski definition) is 5. The van der Waals surface area contributed by atoms with E-state index in [4.69, 9.17) is 10.5 Å². The van der Waals surface area contributed by atoms with E-state index in [0.29, 0.717) is 38.4 Å². The number of benzene rings is 1. The van der Waals surface area contributed by atoms with Crippen molar-refractivity contribution in [3.05, 3.63) is 29.8 Å². The van der Waals surface area contributed by atoms with E-state index >= 15 is 0 Å². The summed E-state index contributed by atoms with van der Waals surface area (Å²) in [6, 6.07) is 6.31. The van der Waals surface area contributed by atoms with Gasteiger partial charge in [-0.05, 0) is 43.5 Å². The molecule has 1 aliphatic heterocycles. The largest absolute Gasteiger partial charge is 0.379 e. The monoisotopic (exact) mass is 381 g/mol. The molecule has 0 bridgehead atoms. The highest BCUT2D eigenvalue weighted by Crippen LogP contribution is 2.24. The molecule has 1 aromatic carbocycles. The normalized spacial score (nSPS) is 25.0. The van der Waals surface area contributed by atoms with Gasteiger partial charge in [-0.15, -0.1) is 0 Å². The third-order valence-corrected chi connectivity index (χ3v) is 7.13. The van der Waals surface area contributed by atoms with Crippen LogP contribution < -0.4 is 11.1 Å². The number of ether oxygens (including phenoxy) is 1. The summed E-state index contributed by atoms with van der Waals surface area (Å²) in [6.45, 7) is 2.00. The predicted octanol–water partition coefficient (Wildman–Crippen LogP) is 0.955. The van der Waals surface area contributed by atoms with E-state index in [-0.39, 0.29) is 22.8 Å². The number of carbonyl (C=O) groups is 1. The maximum atomic E-state index is 12.8. The van der Waals surface area contributed by atoms with Crippen LogP contribution >= 0.6 is 0 Å². The van der Waals surface area contributed by atoms with Gasteiger partial charge in [-0.3, -0.25) is 4.79 Å². The van der Waals surface area contributed by atoms with Gasteiger partial charge in [0.05, 0.1) is 18.1 Å². The lowest BCUT2D eigenvalue weighted by molar-refractivity contribution is 0.0730. The zero-order valence-electron chi connectivity index (χ0n) is 14.9. The Morgan fingerprint density at radius 3 is 2.69 bits per heavy atom. The summed E-state index contributed by atoms with van der Waals surface area (Å²) in [4.78, 5) is 12.8. The molecule has 3 rings (SSSR count). The minimum Gasteiger partial charge on any atom is -0.379 e. The first kappa shape index (κ1) is 19.3. The molecule has 2 unspecified atom stereocenters. The first-order valence-corrected chi connectivity index (χ1v) is 10.7. The highest BCUT2D eigenvalue weighted by molar-refractivity contribution is 7.89. The number of carbonyl (C=O) groups excluding carboxylic acids is 1. The number of rotatable bonds is 5. The molecule has 1 saturated carbocycles. The lowest BCUT2D eigenvalue weighted by Crippen LogP contribution is -2.44. The van der Waals surface area contributed by atoms with Gasteiger partial charge >= 0.3 is 0 Å². The maximum absolute atomic E-state index is 12.8. The predicted molar refractivity (Wildman–Crippen MR) is 98.3 cm³/mol. The van der Waals surface area contributed by atoms with Crippen molar-refractivity contribution < 1.29 is 17.9 Å². The second-order valence-electron chi connectivity index (χ2n) is 6.90. The molecule has 1 aliphatic carbocycles. The smallest absolute Gasteiger partial charge is 0.251 e. The molecule has 1 amide bonds. The summed E-state index contributed by atoms with van der Waals surface area (Å²) < 4.78 is 32.2. The highest BCUT2D eigenvalue weighted by Gasteiger charge is 2.28. The Morgan fingerprint density at radius 2 is 1.96 bits per heavy atom. The van der Waals surface area contributed by atoms with E-state index in [1.807, 2.05) is 0 Å². The van der Waals surface area contributed by atoms with Crippen molar-refractivity contribution in [2.24, 2.45) is 11.7 Å². The van der Waals surface area contributed by atoms with Gasteiger partial charge in [-0.25, -0.2) is 8.42 Å². The summed E-state index contributed by atoms with van der Waals surface area (Å²) in [7, 11) is -3.61. The number of nitrogens with zero attached hydrogens (tertiary/aromatic N) is 1. The number of morpholine rings is 1. The average Bonchev–Trinajstić information content (AvgIpc) is 2.69. The van der Waals surface area contributed by atoms with Gasteiger partial charge in [-0.1, -0.05) is 18.9 Å². The van der Waals surface area contributed by atoms with Crippen molar-refractivity contribution in [3.63, 3.8) is 0 Å². The fourth-order valence-electron chi connectivity index (χ4n) is 3.67. The summed E-state index contributed by atoms with van der Waals surface area (Å²) >= 11 is 0. The molecule has 1 aromatic rings. The van der Waals surface area contributed by atoms with Gasteiger partial charge in [0, 0.05) is 24.7 Å². The zero-order chi connectivity index (χ0) is 18.6. The quantitative estimate of drug-likeness (QED) is 0.791. The molecule has 26 heavy (non-hydrogen) atoms. The molecule has 7 nitrogen and oxygen atoms in total. The van der Waals surface area contributed by atoms with Crippen LogP contribution in [0.2, 0.25) is 0 Å². The second-order valence-corrected chi connectivity index (χ2v) is 8.84. The summed E-state index contributed by atoms with van der Waals surface area (Å²) in [6.07, 6.45) is 4.15. The zero-order valence-corrected chi connectivity index (χ0v) is 15.7. The van der Waals surface area contributed by atoms with Gasteiger partial charge in [0.15, 0.2) is 0 Å². The standard InChI is InChI=1S/C18H27N3O4S/c19-13-15-4-1-2-7-17(15)20-18(22)14-5-3-6-16(12-14)26(23,24)21-8-10-25-11-9-21/h3,5-6,12,15,17H,1-2,4,7-11,13,19H2,(H,20,22). The van der Waals surface area contributed by atoms with Crippen LogP contribution in [0.15, 0.2) is 29.2 Å². The van der Waals surface area contributed by atoms with E-state index in [2.05, 4.69) is 5.32 Å². The topological polar surface area (TPSA) is 102 Å². The van der Waals surface area contributed by atoms with E-state index in [1.54, 1.807) is 12.1 Å². The molecular weight excluding hydrogens is 354 g/mol. The number of amides is 1. The first-order valence-electron chi connectivity index (χ1n) is 9.21. The number of nitrogens with two attached hydrogens (primary N) is 1. The van der Waals surface area contributed by atoms with Crippen LogP contribution in [0.3, 0.4) is 0 Å². The average molecular weight is 381 g/mol. The van der Waals surface area contributed by atoms with Crippen LogP contribution in [0.4, 0.5) is 0 Å². The van der Waals surface area contributed by atoms with Crippen molar-refractivity contribution in [2.45, 2.75) is 36.6 Å². The Kier molecular flexibility index (Phi) is 6.29. The molecule has 0 aromatic heterocycles. The van der Waals surface area contributed by atoms with Crippen LogP contribution in [0.25, 0.3) is 0 Å². The number of hydrogen-bond donors (Lipinski definition) is 2. The van der Waals surface area contributed by atoms with E-state index in [1.165, 1.54) is 16.4 Å². The van der Waals surface area contributed by atoms with Gasteiger partial charge < -0.3 is 15.8 Å². The van der Waals surface area contributed by atoms with Crippen molar-refractivity contribution in [1.29, 1.82) is 0 Å². The summed E-state index contributed by atoms with van der Waals surface area (Å²) in [5, 5.41) is 3.05. The Hall–Kier alpha value is -1.48. The molecular formula is C18H27N3O4S. The Bertz CT molecular complexity index is 732. The molecule has 1 heterocycles. The molecule has 8 heteroatoms. The second kappa shape index (κ2) is 8.47. The summed E-state index contributed by atoms with van der Waals surface area (Å²) in [5.41, 5.74) is 6.19. The van der Waals surface area contributed by atoms with E-state index in [9.17, 15) is 13.2 Å². The molecule has 144 valence electrons. The molecule has 2 fully saturated rings. The Morgan fingerprint density at radius 1 is 1.23 bits per heavy atom. The Labute approximate surface area is 154 Å². The minimum atomic E-state index is -3.61. The van der Waals surface area contributed by atoms with Crippen LogP contribution in [0, 0.1) is 5.92 Å². The minimum absolute atomic E-state index is 0.0563. The maximum Gasteiger partial charge on any atom is 0.251 e. The van der Waals surface area contributed by atoms with Crippen molar-refractivity contribution >= 4 is 15.9 Å². The first-order chi connectivity index (χ1) is 12.5. The molecule has 0 spiro atoms. The molecule has 0 radical (unpaired) electrons. The van der Waals surface area contributed by atoms with Gasteiger partial charge in [0.25, 0.3) is 5.91 Å². The number of sulfonamides is 1. The lowest BCUT2D eigenvalue weighted by atomic mass is 9.84. The van der Waals surface area contributed by atoms with Gasteiger partial charge in [0.1, 0.15) is 0 Å². The lowest BCUT2D eigenvalue weighted by Gasteiger charge is -2.31. The fraction of sp³-hybridized carbons (Fsp3) is 0.611. The van der Waals surface area contributed by atoms with Gasteiger partial charge in [0.2, 0.25) is 10.0 Å². The van der Waals surface area contributed by atoms with Crippen LogP contribution in [0.5, 0.6) is 0 Å². The van der Waals surface area contributed by atoms with Crippen LogP contribution in [0.1, 0.15) is 36.0 Å². The van der Waals surface area contributed by atoms with Crippen molar-refractivity contribution in [3.8, 4) is 0 Å². The highest BCUT2D eigenvalue weighted by atomic mass is 32.2. The Balaban J connectivity index is 1.75. The van der Waals surface area contributed by atoms with Crippen LogP contribution in [-0.4, -0.2) is 57.5 Å². The third-order valence-electron chi connectivity index (χ3n) is 5.23. The molecule has 2 atom stereocenters. The molecule has 2 aliphatic rings. The summed E-state index contributed by atoms with van der Waals surface area (Å²) in [5.74, 6) is 0.0438. The van der Waals surface area contributed by atoms with Gasteiger partial charge in [-0.2, -0.15) is 4.31 Å². The fourth-order valence-corrected chi connectivity index (χ4v) is 5.12. The SMILES string of the molecule is NCC1CCCCC1NC(=O)c1cccc(S(=O)(=O)N2CCOCC2)c1.